The van der Waals surface area contributed by atoms with Crippen LogP contribution in [0.25, 0.3) is 11.0 Å². The van der Waals surface area contributed by atoms with E-state index >= 15 is 0 Å². The van der Waals surface area contributed by atoms with E-state index in [9.17, 15) is 9.59 Å². The summed E-state index contributed by atoms with van der Waals surface area (Å²) in [4.78, 5) is 32.5. The van der Waals surface area contributed by atoms with Crippen LogP contribution in [0.5, 0.6) is 11.5 Å². The topological polar surface area (TPSA) is 85.7 Å². The molecule has 1 aliphatic rings. The van der Waals surface area contributed by atoms with Crippen molar-refractivity contribution in [1.82, 2.24) is 19.8 Å². The van der Waals surface area contributed by atoms with E-state index in [1.54, 1.807) is 20.3 Å². The molecule has 2 heterocycles. The van der Waals surface area contributed by atoms with Gasteiger partial charge in [0, 0.05) is 25.6 Å². The number of piperidine rings is 1. The average molecular weight is 493 g/mol. The number of ether oxygens (including phenoxy) is 2. The molecular formula is C28H36N4O4. The van der Waals surface area contributed by atoms with Gasteiger partial charge in [-0.25, -0.2) is 4.98 Å². The Kier molecular flexibility index (Phi) is 8.46. The number of rotatable bonds is 10. The number of imidazole rings is 1. The standard InChI is InChI=1S/C28H36N4O4/c1-20-9-6-7-16-31(20)28(34)19-32-23-11-5-4-10-22(23)30-26(32)12-8-15-29-27(33)18-21-13-14-24(35-2)25(17-21)36-3/h4-5,10-11,13-14,17,20H,6-9,12,15-16,18-19H2,1-3H3,(H,29,33). The highest BCUT2D eigenvalue weighted by Crippen LogP contribution is 2.27. The zero-order valence-corrected chi connectivity index (χ0v) is 21.5. The van der Waals surface area contributed by atoms with Gasteiger partial charge in [-0.2, -0.15) is 0 Å². The molecule has 8 nitrogen and oxygen atoms in total. The van der Waals surface area contributed by atoms with Crippen molar-refractivity contribution in [2.75, 3.05) is 27.3 Å². The summed E-state index contributed by atoms with van der Waals surface area (Å²) < 4.78 is 12.6. The minimum Gasteiger partial charge on any atom is -0.493 e. The number of para-hydroxylation sites is 2. The maximum absolute atomic E-state index is 13.2. The highest BCUT2D eigenvalue weighted by Gasteiger charge is 2.24. The number of nitrogens with zero attached hydrogens (tertiary/aromatic N) is 3. The van der Waals surface area contributed by atoms with Gasteiger partial charge in [0.15, 0.2) is 11.5 Å². The Labute approximate surface area is 212 Å². The molecular weight excluding hydrogens is 456 g/mol. The minimum absolute atomic E-state index is 0.0509. The van der Waals surface area contributed by atoms with Gasteiger partial charge in [0.1, 0.15) is 12.4 Å². The van der Waals surface area contributed by atoms with Crippen LogP contribution in [-0.4, -0.2) is 59.6 Å². The number of methoxy groups -OCH3 is 2. The van der Waals surface area contributed by atoms with Crippen molar-refractivity contribution >= 4 is 22.8 Å². The fourth-order valence-corrected chi connectivity index (χ4v) is 4.90. The summed E-state index contributed by atoms with van der Waals surface area (Å²) >= 11 is 0. The molecule has 1 fully saturated rings. The van der Waals surface area contributed by atoms with Crippen LogP contribution in [0, 0.1) is 0 Å². The number of aryl methyl sites for hydroxylation is 1. The zero-order chi connectivity index (χ0) is 25.5. The molecule has 1 saturated heterocycles. The van der Waals surface area contributed by atoms with Crippen LogP contribution in [0.2, 0.25) is 0 Å². The Balaban J connectivity index is 1.35. The Bertz CT molecular complexity index is 1210. The smallest absolute Gasteiger partial charge is 0.242 e. The van der Waals surface area contributed by atoms with E-state index in [-0.39, 0.29) is 24.3 Å². The van der Waals surface area contributed by atoms with Crippen LogP contribution in [0.4, 0.5) is 0 Å². The molecule has 0 radical (unpaired) electrons. The number of benzene rings is 2. The van der Waals surface area contributed by atoms with Gasteiger partial charge in [-0.3, -0.25) is 9.59 Å². The number of aromatic nitrogens is 2. The lowest BCUT2D eigenvalue weighted by Crippen LogP contribution is -2.43. The van der Waals surface area contributed by atoms with Crippen LogP contribution < -0.4 is 14.8 Å². The summed E-state index contributed by atoms with van der Waals surface area (Å²) in [7, 11) is 3.16. The summed E-state index contributed by atoms with van der Waals surface area (Å²) in [6.45, 7) is 3.79. The molecule has 0 spiro atoms. The number of likely N-dealkylation sites (tertiary alicyclic amines) is 1. The fourth-order valence-electron chi connectivity index (χ4n) is 4.90. The maximum Gasteiger partial charge on any atom is 0.242 e. The van der Waals surface area contributed by atoms with Crippen molar-refractivity contribution in [2.45, 2.75) is 58.0 Å². The summed E-state index contributed by atoms with van der Waals surface area (Å²) in [6.07, 6.45) is 4.98. The third-order valence-electron chi connectivity index (χ3n) is 6.86. The SMILES string of the molecule is COc1ccc(CC(=O)NCCCc2nc3ccccc3n2CC(=O)N2CCCCC2C)cc1OC. The Morgan fingerprint density at radius 1 is 1.08 bits per heavy atom. The van der Waals surface area contributed by atoms with Crippen LogP contribution in [0.3, 0.4) is 0 Å². The highest BCUT2D eigenvalue weighted by atomic mass is 16.5. The van der Waals surface area contributed by atoms with E-state index in [0.29, 0.717) is 31.0 Å². The van der Waals surface area contributed by atoms with Crippen molar-refractivity contribution in [3.8, 4) is 11.5 Å². The second-order valence-corrected chi connectivity index (χ2v) is 9.35. The zero-order valence-electron chi connectivity index (χ0n) is 21.5. The molecule has 2 amide bonds. The van der Waals surface area contributed by atoms with Crippen molar-refractivity contribution in [3.63, 3.8) is 0 Å². The van der Waals surface area contributed by atoms with Gasteiger partial charge in [-0.05, 0) is 62.4 Å². The average Bonchev–Trinajstić information content (AvgIpc) is 3.23. The number of hydrogen-bond acceptors (Lipinski definition) is 5. The molecule has 192 valence electrons. The first kappa shape index (κ1) is 25.5. The predicted octanol–water partition coefficient (Wildman–Crippen LogP) is 3.75. The normalized spacial score (nSPS) is 15.6. The molecule has 1 aliphatic heterocycles. The van der Waals surface area contributed by atoms with E-state index in [2.05, 4.69) is 12.2 Å². The molecule has 3 aromatic rings. The molecule has 4 rings (SSSR count). The lowest BCUT2D eigenvalue weighted by atomic mass is 10.0. The van der Waals surface area contributed by atoms with Gasteiger partial charge in [0.2, 0.25) is 11.8 Å². The monoisotopic (exact) mass is 492 g/mol. The second kappa shape index (κ2) is 11.9. The van der Waals surface area contributed by atoms with Crippen molar-refractivity contribution in [2.24, 2.45) is 0 Å². The first-order valence-electron chi connectivity index (χ1n) is 12.7. The summed E-state index contributed by atoms with van der Waals surface area (Å²) in [5.74, 6) is 2.22. The number of carbonyl (C=O) groups excluding carboxylic acids is 2. The van der Waals surface area contributed by atoms with Gasteiger partial charge >= 0.3 is 0 Å². The molecule has 1 unspecified atom stereocenters. The van der Waals surface area contributed by atoms with Gasteiger partial charge in [0.05, 0.1) is 31.7 Å². The molecule has 0 bridgehead atoms. The maximum atomic E-state index is 13.2. The first-order valence-corrected chi connectivity index (χ1v) is 12.7. The lowest BCUT2D eigenvalue weighted by Gasteiger charge is -2.33. The Morgan fingerprint density at radius 2 is 1.89 bits per heavy atom. The summed E-state index contributed by atoms with van der Waals surface area (Å²) in [5.41, 5.74) is 2.73. The third-order valence-corrected chi connectivity index (χ3v) is 6.86. The van der Waals surface area contributed by atoms with Crippen LogP contribution in [-0.2, 0) is 29.0 Å². The number of carbonyl (C=O) groups is 2. The third kappa shape index (κ3) is 5.98. The van der Waals surface area contributed by atoms with Crippen molar-refractivity contribution in [1.29, 1.82) is 0 Å². The highest BCUT2D eigenvalue weighted by molar-refractivity contribution is 5.81. The van der Waals surface area contributed by atoms with Crippen LogP contribution in [0.1, 0.15) is 44.0 Å². The molecule has 1 aromatic heterocycles. The number of nitrogens with one attached hydrogen (secondary N) is 1. The predicted molar refractivity (Wildman–Crippen MR) is 139 cm³/mol. The van der Waals surface area contributed by atoms with Crippen LogP contribution in [0.15, 0.2) is 42.5 Å². The fraction of sp³-hybridized carbons (Fsp3) is 0.464. The molecule has 1 N–H and O–H groups in total. The molecule has 36 heavy (non-hydrogen) atoms. The molecule has 2 aromatic carbocycles. The number of fused-ring (bicyclic) bond motifs is 1. The van der Waals surface area contributed by atoms with E-state index < -0.39 is 0 Å². The van der Waals surface area contributed by atoms with Crippen molar-refractivity contribution in [3.05, 3.63) is 53.9 Å². The lowest BCUT2D eigenvalue weighted by molar-refractivity contribution is -0.135. The molecule has 0 aliphatic carbocycles. The van der Waals surface area contributed by atoms with Gasteiger partial charge < -0.3 is 24.3 Å². The van der Waals surface area contributed by atoms with Gasteiger partial charge in [-0.1, -0.05) is 18.2 Å². The van der Waals surface area contributed by atoms with Crippen LogP contribution >= 0.6 is 0 Å². The minimum atomic E-state index is -0.0509. The largest absolute Gasteiger partial charge is 0.493 e. The van der Waals surface area contributed by atoms with Crippen molar-refractivity contribution < 1.29 is 19.1 Å². The van der Waals surface area contributed by atoms with E-state index in [1.807, 2.05) is 45.9 Å². The Morgan fingerprint density at radius 3 is 2.67 bits per heavy atom. The molecule has 0 saturated carbocycles. The number of hydrogen-bond donors (Lipinski definition) is 1. The summed E-state index contributed by atoms with van der Waals surface area (Å²) in [6, 6.07) is 13.7. The van der Waals surface area contributed by atoms with E-state index in [1.165, 1.54) is 6.42 Å². The van der Waals surface area contributed by atoms with Gasteiger partial charge in [-0.15, -0.1) is 0 Å². The molecule has 1 atom stereocenters. The second-order valence-electron chi connectivity index (χ2n) is 9.35. The summed E-state index contributed by atoms with van der Waals surface area (Å²) in [5, 5.41) is 3.00. The first-order chi connectivity index (χ1) is 17.5. The van der Waals surface area contributed by atoms with E-state index in [0.717, 1.165) is 48.2 Å². The van der Waals surface area contributed by atoms with E-state index in [4.69, 9.17) is 14.5 Å². The number of amides is 2. The van der Waals surface area contributed by atoms with Gasteiger partial charge in [0.25, 0.3) is 0 Å². The quantitative estimate of drug-likeness (QED) is 0.436. The Hall–Kier alpha value is -3.55. The molecule has 8 heteroatoms.